The van der Waals surface area contributed by atoms with Crippen LogP contribution in [0.5, 0.6) is 0 Å². The second-order valence-corrected chi connectivity index (χ2v) is 7.32. The summed E-state index contributed by atoms with van der Waals surface area (Å²) in [6.45, 7) is 7.36. The van der Waals surface area contributed by atoms with E-state index in [0.29, 0.717) is 10.6 Å². The third-order valence-electron chi connectivity index (χ3n) is 2.27. The Morgan fingerprint density at radius 1 is 1.41 bits per heavy atom. The lowest BCUT2D eigenvalue weighted by Crippen LogP contribution is -2.35. The highest BCUT2D eigenvalue weighted by Crippen LogP contribution is 2.22. The van der Waals surface area contributed by atoms with E-state index in [1.807, 2.05) is 20.8 Å². The Balaban J connectivity index is 2.84. The minimum absolute atomic E-state index is 0.327. The fraction of sp³-hybridized carbons (Fsp3) is 0.500. The van der Waals surface area contributed by atoms with Gasteiger partial charge in [0.1, 0.15) is 5.82 Å². The SMILES string of the molecule is CC(NS(=O)C(C)(C)C)c1ccc(Cl)cc1F. The highest BCUT2D eigenvalue weighted by Gasteiger charge is 2.22. The van der Waals surface area contributed by atoms with Crippen molar-refractivity contribution in [1.29, 1.82) is 0 Å². The molecule has 0 radical (unpaired) electrons. The fourth-order valence-corrected chi connectivity index (χ4v) is 2.21. The van der Waals surface area contributed by atoms with E-state index in [-0.39, 0.29) is 16.6 Å². The zero-order valence-corrected chi connectivity index (χ0v) is 12.0. The summed E-state index contributed by atoms with van der Waals surface area (Å²) in [6, 6.07) is 4.16. The normalized spacial score (nSPS) is 15.6. The number of hydrogen-bond acceptors (Lipinski definition) is 1. The third kappa shape index (κ3) is 4.05. The maximum Gasteiger partial charge on any atom is 0.129 e. The first-order valence-corrected chi connectivity index (χ1v) is 6.87. The molecule has 0 heterocycles. The van der Waals surface area contributed by atoms with Gasteiger partial charge in [0.25, 0.3) is 0 Å². The van der Waals surface area contributed by atoms with Gasteiger partial charge < -0.3 is 0 Å². The minimum Gasteiger partial charge on any atom is -0.242 e. The van der Waals surface area contributed by atoms with Gasteiger partial charge in [0.05, 0.1) is 15.7 Å². The Labute approximate surface area is 109 Å². The van der Waals surface area contributed by atoms with E-state index in [0.717, 1.165) is 0 Å². The van der Waals surface area contributed by atoms with Gasteiger partial charge in [-0.15, -0.1) is 0 Å². The molecule has 0 aliphatic rings. The van der Waals surface area contributed by atoms with E-state index in [2.05, 4.69) is 4.72 Å². The van der Waals surface area contributed by atoms with Gasteiger partial charge in [-0.05, 0) is 39.8 Å². The maximum atomic E-state index is 13.6. The summed E-state index contributed by atoms with van der Waals surface area (Å²) < 4.78 is 28.0. The summed E-state index contributed by atoms with van der Waals surface area (Å²) in [5.74, 6) is -0.386. The Bertz CT molecular complexity index is 431. The summed E-state index contributed by atoms with van der Waals surface area (Å²) in [7, 11) is -1.23. The summed E-state index contributed by atoms with van der Waals surface area (Å²) in [4.78, 5) is 0. The van der Waals surface area contributed by atoms with E-state index in [1.54, 1.807) is 19.1 Å². The van der Waals surface area contributed by atoms with Crippen molar-refractivity contribution in [3.05, 3.63) is 34.6 Å². The van der Waals surface area contributed by atoms with Crippen LogP contribution < -0.4 is 4.72 Å². The molecule has 96 valence electrons. The quantitative estimate of drug-likeness (QED) is 0.899. The predicted octanol–water partition coefficient (Wildman–Crippen LogP) is 3.59. The molecule has 0 spiro atoms. The van der Waals surface area contributed by atoms with Gasteiger partial charge in [0.15, 0.2) is 0 Å². The van der Waals surface area contributed by atoms with Crippen LogP contribution in [-0.4, -0.2) is 8.96 Å². The fourth-order valence-electron chi connectivity index (χ4n) is 1.25. The molecule has 1 aromatic carbocycles. The van der Waals surface area contributed by atoms with E-state index in [9.17, 15) is 8.60 Å². The summed E-state index contributed by atoms with van der Waals surface area (Å²) >= 11 is 5.68. The zero-order valence-electron chi connectivity index (χ0n) is 10.4. The van der Waals surface area contributed by atoms with Crippen LogP contribution >= 0.6 is 11.6 Å². The first kappa shape index (κ1) is 14.6. The van der Waals surface area contributed by atoms with Crippen LogP contribution in [0, 0.1) is 5.82 Å². The molecule has 0 bridgehead atoms. The summed E-state index contributed by atoms with van der Waals surface area (Å²) in [5, 5.41) is 0.357. The molecule has 2 atom stereocenters. The molecule has 1 N–H and O–H groups in total. The standard InChI is InChI=1S/C12H17ClFNOS/c1-8(15-17(16)12(2,3)4)10-6-5-9(13)7-11(10)14/h5-8,15H,1-4H3. The molecule has 17 heavy (non-hydrogen) atoms. The van der Waals surface area contributed by atoms with Crippen molar-refractivity contribution < 1.29 is 8.60 Å². The number of benzene rings is 1. The first-order valence-electron chi connectivity index (χ1n) is 5.35. The molecule has 0 aliphatic heterocycles. The maximum absolute atomic E-state index is 13.6. The molecular weight excluding hydrogens is 261 g/mol. The Hall–Kier alpha value is -0.450. The molecule has 5 heteroatoms. The van der Waals surface area contributed by atoms with Crippen LogP contribution in [0.3, 0.4) is 0 Å². The van der Waals surface area contributed by atoms with Gasteiger partial charge in [0, 0.05) is 16.6 Å². The molecule has 1 aromatic rings. The third-order valence-corrected chi connectivity index (χ3v) is 4.18. The molecule has 0 amide bonds. The second-order valence-electron chi connectivity index (χ2n) is 4.89. The van der Waals surface area contributed by atoms with E-state index in [1.165, 1.54) is 6.07 Å². The second kappa shape index (κ2) is 5.46. The van der Waals surface area contributed by atoms with Crippen LogP contribution in [0.1, 0.15) is 39.3 Å². The Morgan fingerprint density at radius 2 is 2.00 bits per heavy atom. The van der Waals surface area contributed by atoms with Crippen molar-refractivity contribution in [1.82, 2.24) is 4.72 Å². The first-order chi connectivity index (χ1) is 7.71. The van der Waals surface area contributed by atoms with Crippen molar-refractivity contribution in [3.8, 4) is 0 Å². The van der Waals surface area contributed by atoms with Crippen LogP contribution in [0.25, 0.3) is 0 Å². The van der Waals surface area contributed by atoms with Gasteiger partial charge in [0.2, 0.25) is 0 Å². The average Bonchev–Trinajstić information content (AvgIpc) is 2.15. The van der Waals surface area contributed by atoms with E-state index in [4.69, 9.17) is 11.6 Å². The molecule has 2 nitrogen and oxygen atoms in total. The lowest BCUT2D eigenvalue weighted by atomic mass is 10.1. The van der Waals surface area contributed by atoms with Gasteiger partial charge in [-0.25, -0.2) is 13.3 Å². The molecule has 1 rings (SSSR count). The van der Waals surface area contributed by atoms with Crippen LogP contribution in [0.4, 0.5) is 4.39 Å². The van der Waals surface area contributed by atoms with Crippen LogP contribution in [-0.2, 0) is 11.0 Å². The Morgan fingerprint density at radius 3 is 2.47 bits per heavy atom. The smallest absolute Gasteiger partial charge is 0.129 e. The van der Waals surface area contributed by atoms with E-state index >= 15 is 0 Å². The van der Waals surface area contributed by atoms with Crippen molar-refractivity contribution >= 4 is 22.6 Å². The molecular formula is C12H17ClFNOS. The van der Waals surface area contributed by atoms with Crippen molar-refractivity contribution in [2.75, 3.05) is 0 Å². The van der Waals surface area contributed by atoms with Crippen LogP contribution in [0.15, 0.2) is 18.2 Å². The Kier molecular flexibility index (Phi) is 4.69. The number of hydrogen-bond donors (Lipinski definition) is 1. The highest BCUT2D eigenvalue weighted by atomic mass is 35.5. The largest absolute Gasteiger partial charge is 0.242 e. The van der Waals surface area contributed by atoms with Crippen molar-refractivity contribution in [2.45, 2.75) is 38.5 Å². The molecule has 2 unspecified atom stereocenters. The summed E-state index contributed by atoms with van der Waals surface area (Å²) in [5.41, 5.74) is 0.465. The molecule has 0 saturated heterocycles. The molecule has 0 aliphatic carbocycles. The highest BCUT2D eigenvalue weighted by molar-refractivity contribution is 7.84. The minimum atomic E-state index is -1.23. The van der Waals surface area contributed by atoms with Crippen molar-refractivity contribution in [2.24, 2.45) is 0 Å². The average molecular weight is 278 g/mol. The predicted molar refractivity (Wildman–Crippen MR) is 70.9 cm³/mol. The number of halogens is 2. The van der Waals surface area contributed by atoms with E-state index < -0.39 is 11.0 Å². The van der Waals surface area contributed by atoms with Gasteiger partial charge in [-0.3, -0.25) is 0 Å². The van der Waals surface area contributed by atoms with Gasteiger partial charge in [-0.2, -0.15) is 0 Å². The lowest BCUT2D eigenvalue weighted by molar-refractivity contribution is 0.572. The van der Waals surface area contributed by atoms with Gasteiger partial charge >= 0.3 is 0 Å². The van der Waals surface area contributed by atoms with Gasteiger partial charge in [-0.1, -0.05) is 17.7 Å². The lowest BCUT2D eigenvalue weighted by Gasteiger charge is -2.22. The van der Waals surface area contributed by atoms with Crippen molar-refractivity contribution in [3.63, 3.8) is 0 Å². The molecule has 0 aromatic heterocycles. The molecule has 0 fully saturated rings. The molecule has 0 saturated carbocycles. The zero-order chi connectivity index (χ0) is 13.2. The monoisotopic (exact) mass is 277 g/mol. The van der Waals surface area contributed by atoms with Crippen LogP contribution in [0.2, 0.25) is 5.02 Å². The number of nitrogens with one attached hydrogen (secondary N) is 1. The summed E-state index contributed by atoms with van der Waals surface area (Å²) in [6.07, 6.45) is 0. The topological polar surface area (TPSA) is 29.1 Å². The number of rotatable bonds is 3.